The summed E-state index contributed by atoms with van der Waals surface area (Å²) in [6, 6.07) is 6.42. The van der Waals surface area contributed by atoms with Crippen molar-refractivity contribution in [1.82, 2.24) is 25.1 Å². The Bertz CT molecular complexity index is 664. The lowest BCUT2D eigenvalue weighted by Gasteiger charge is -2.37. The maximum Gasteiger partial charge on any atom is 0.170 e. The minimum absolute atomic E-state index is 0.201. The molecule has 24 heavy (non-hydrogen) atoms. The van der Waals surface area contributed by atoms with Crippen LogP contribution in [-0.4, -0.2) is 48.9 Å². The van der Waals surface area contributed by atoms with Crippen LogP contribution in [0.25, 0.3) is 5.69 Å². The highest BCUT2D eigenvalue weighted by molar-refractivity contribution is 5.46. The van der Waals surface area contributed by atoms with Crippen molar-refractivity contribution in [3.8, 4) is 5.69 Å². The average molecular weight is 329 g/mol. The quantitative estimate of drug-likeness (QED) is 0.912. The Labute approximate surface area is 143 Å². The van der Waals surface area contributed by atoms with Crippen LogP contribution in [0.4, 0.5) is 0 Å². The molecule has 0 saturated carbocycles. The van der Waals surface area contributed by atoms with Gasteiger partial charge in [0.25, 0.3) is 0 Å². The van der Waals surface area contributed by atoms with Crippen LogP contribution in [0.5, 0.6) is 0 Å². The van der Waals surface area contributed by atoms with Crippen LogP contribution in [0, 0.1) is 13.8 Å². The molecule has 2 aromatic rings. The number of benzene rings is 1. The van der Waals surface area contributed by atoms with Crippen molar-refractivity contribution in [1.29, 1.82) is 0 Å². The Morgan fingerprint density at radius 1 is 1.25 bits per heavy atom. The third-order valence-electron chi connectivity index (χ3n) is 5.06. The Balaban J connectivity index is 1.88. The maximum absolute atomic E-state index is 10.4. The molecule has 1 saturated heterocycles. The van der Waals surface area contributed by atoms with Crippen LogP contribution < -0.4 is 0 Å². The van der Waals surface area contributed by atoms with Crippen LogP contribution in [0.1, 0.15) is 49.6 Å². The number of aromatic nitrogens is 4. The zero-order chi connectivity index (χ0) is 17.1. The smallest absolute Gasteiger partial charge is 0.170 e. The van der Waals surface area contributed by atoms with E-state index in [1.165, 1.54) is 6.42 Å². The predicted molar refractivity (Wildman–Crippen MR) is 93.0 cm³/mol. The SMILES string of the molecule is CCC(O)C1CCCCN1Cc1nnnn1-c1c(C)cccc1C. The third kappa shape index (κ3) is 3.35. The van der Waals surface area contributed by atoms with Crippen molar-refractivity contribution in [3.63, 3.8) is 0 Å². The molecule has 0 aliphatic carbocycles. The van der Waals surface area contributed by atoms with E-state index in [1.807, 2.05) is 11.6 Å². The molecular weight excluding hydrogens is 302 g/mol. The number of para-hydroxylation sites is 1. The second kappa shape index (κ2) is 7.40. The Morgan fingerprint density at radius 3 is 2.71 bits per heavy atom. The fourth-order valence-electron chi connectivity index (χ4n) is 3.72. The van der Waals surface area contributed by atoms with Gasteiger partial charge in [0, 0.05) is 6.04 Å². The first kappa shape index (κ1) is 17.0. The molecular formula is C18H27N5O. The molecule has 1 aliphatic heterocycles. The molecule has 130 valence electrons. The molecule has 0 radical (unpaired) electrons. The van der Waals surface area contributed by atoms with E-state index in [2.05, 4.69) is 52.5 Å². The van der Waals surface area contributed by atoms with Crippen molar-refractivity contribution in [2.45, 2.75) is 65.1 Å². The van der Waals surface area contributed by atoms with Gasteiger partial charge < -0.3 is 5.11 Å². The van der Waals surface area contributed by atoms with Crippen LogP contribution in [0.3, 0.4) is 0 Å². The Kier molecular flexibility index (Phi) is 5.26. The molecule has 2 atom stereocenters. The summed E-state index contributed by atoms with van der Waals surface area (Å²) in [4.78, 5) is 2.34. The number of aliphatic hydroxyl groups is 1. The molecule has 3 rings (SSSR count). The second-order valence-corrected chi connectivity index (χ2v) is 6.76. The van der Waals surface area contributed by atoms with E-state index >= 15 is 0 Å². The maximum atomic E-state index is 10.4. The lowest BCUT2D eigenvalue weighted by Crippen LogP contribution is -2.46. The minimum atomic E-state index is -0.283. The summed E-state index contributed by atoms with van der Waals surface area (Å²) in [5.41, 5.74) is 3.38. The number of tetrazole rings is 1. The Hall–Kier alpha value is -1.79. The first-order valence-corrected chi connectivity index (χ1v) is 8.87. The first-order valence-electron chi connectivity index (χ1n) is 8.87. The molecule has 1 aromatic carbocycles. The molecule has 1 aromatic heterocycles. The number of hydrogen-bond acceptors (Lipinski definition) is 5. The Morgan fingerprint density at radius 2 is 2.00 bits per heavy atom. The van der Waals surface area contributed by atoms with E-state index in [1.54, 1.807) is 0 Å². The fourth-order valence-corrected chi connectivity index (χ4v) is 3.72. The predicted octanol–water partition coefficient (Wildman–Crippen LogP) is 2.40. The number of aryl methyl sites for hydroxylation is 2. The zero-order valence-corrected chi connectivity index (χ0v) is 14.8. The topological polar surface area (TPSA) is 67.1 Å². The van der Waals surface area contributed by atoms with Gasteiger partial charge in [-0.1, -0.05) is 31.5 Å². The summed E-state index contributed by atoms with van der Waals surface area (Å²) in [5, 5.41) is 22.8. The summed E-state index contributed by atoms with van der Waals surface area (Å²) < 4.78 is 1.86. The van der Waals surface area contributed by atoms with Gasteiger partial charge in [0.2, 0.25) is 0 Å². The number of hydrogen-bond donors (Lipinski definition) is 1. The largest absolute Gasteiger partial charge is 0.392 e. The number of rotatable bonds is 5. The van der Waals surface area contributed by atoms with E-state index in [0.29, 0.717) is 6.54 Å². The summed E-state index contributed by atoms with van der Waals surface area (Å²) >= 11 is 0. The van der Waals surface area contributed by atoms with E-state index in [0.717, 1.165) is 48.4 Å². The van der Waals surface area contributed by atoms with E-state index < -0.39 is 0 Å². The van der Waals surface area contributed by atoms with E-state index in [9.17, 15) is 5.11 Å². The highest BCUT2D eigenvalue weighted by atomic mass is 16.3. The number of nitrogens with zero attached hydrogens (tertiary/aromatic N) is 5. The summed E-state index contributed by atoms with van der Waals surface area (Å²) in [6.45, 7) is 7.86. The van der Waals surface area contributed by atoms with Crippen LogP contribution in [-0.2, 0) is 6.54 Å². The van der Waals surface area contributed by atoms with Gasteiger partial charge in [-0.15, -0.1) is 5.10 Å². The highest BCUT2D eigenvalue weighted by Gasteiger charge is 2.29. The average Bonchev–Trinajstić information content (AvgIpc) is 3.02. The number of aliphatic hydroxyl groups excluding tert-OH is 1. The van der Waals surface area contributed by atoms with Crippen molar-refractivity contribution < 1.29 is 5.11 Å². The van der Waals surface area contributed by atoms with Gasteiger partial charge in [0.15, 0.2) is 5.82 Å². The molecule has 1 fully saturated rings. The monoisotopic (exact) mass is 329 g/mol. The van der Waals surface area contributed by atoms with Gasteiger partial charge >= 0.3 is 0 Å². The molecule has 0 bridgehead atoms. The van der Waals surface area contributed by atoms with Gasteiger partial charge in [-0.3, -0.25) is 4.90 Å². The normalized spacial score (nSPS) is 20.2. The molecule has 1 N–H and O–H groups in total. The van der Waals surface area contributed by atoms with Gasteiger partial charge in [-0.25, -0.2) is 0 Å². The highest BCUT2D eigenvalue weighted by Crippen LogP contribution is 2.24. The van der Waals surface area contributed by atoms with Crippen molar-refractivity contribution in [2.75, 3.05) is 6.54 Å². The van der Waals surface area contributed by atoms with Crippen LogP contribution in [0.2, 0.25) is 0 Å². The lowest BCUT2D eigenvalue weighted by atomic mass is 9.96. The van der Waals surface area contributed by atoms with Crippen molar-refractivity contribution in [3.05, 3.63) is 35.2 Å². The third-order valence-corrected chi connectivity index (χ3v) is 5.06. The van der Waals surface area contributed by atoms with Gasteiger partial charge in [0.1, 0.15) is 0 Å². The molecule has 2 heterocycles. The fraction of sp³-hybridized carbons (Fsp3) is 0.611. The van der Waals surface area contributed by atoms with E-state index in [4.69, 9.17) is 0 Å². The number of piperidine rings is 1. The molecule has 0 amide bonds. The van der Waals surface area contributed by atoms with Crippen LogP contribution >= 0.6 is 0 Å². The minimum Gasteiger partial charge on any atom is -0.392 e. The van der Waals surface area contributed by atoms with E-state index in [-0.39, 0.29) is 12.1 Å². The first-order chi connectivity index (χ1) is 11.6. The second-order valence-electron chi connectivity index (χ2n) is 6.76. The molecule has 6 heteroatoms. The standard InChI is InChI=1S/C18H27N5O/c1-4-16(24)15-10-5-6-11-22(15)12-17-19-20-21-23(17)18-13(2)8-7-9-14(18)3/h7-9,15-16,24H,4-6,10-12H2,1-3H3. The molecule has 2 unspecified atom stereocenters. The van der Waals surface area contributed by atoms with Gasteiger partial charge in [-0.2, -0.15) is 4.68 Å². The summed E-state index contributed by atoms with van der Waals surface area (Å²) in [6.07, 6.45) is 3.89. The van der Waals surface area contributed by atoms with Gasteiger partial charge in [-0.05, 0) is 61.2 Å². The van der Waals surface area contributed by atoms with Gasteiger partial charge in [0.05, 0.1) is 18.3 Å². The van der Waals surface area contributed by atoms with Crippen molar-refractivity contribution in [2.24, 2.45) is 0 Å². The lowest BCUT2D eigenvalue weighted by molar-refractivity contribution is 0.0178. The molecule has 6 nitrogen and oxygen atoms in total. The zero-order valence-electron chi connectivity index (χ0n) is 14.8. The van der Waals surface area contributed by atoms with Crippen LogP contribution in [0.15, 0.2) is 18.2 Å². The molecule has 1 aliphatic rings. The summed E-state index contributed by atoms with van der Waals surface area (Å²) in [5.74, 6) is 0.836. The van der Waals surface area contributed by atoms with Crippen molar-refractivity contribution >= 4 is 0 Å². The molecule has 0 spiro atoms. The number of likely N-dealkylation sites (tertiary alicyclic amines) is 1. The summed E-state index contributed by atoms with van der Waals surface area (Å²) in [7, 11) is 0.